The third-order valence-electron chi connectivity index (χ3n) is 2.63. The molecule has 1 aromatic rings. The van der Waals surface area contributed by atoms with Gasteiger partial charge in [0.1, 0.15) is 0 Å². The van der Waals surface area contributed by atoms with Gasteiger partial charge in [0.25, 0.3) is 5.69 Å². The predicted octanol–water partition coefficient (Wildman–Crippen LogP) is 1.23. The summed E-state index contributed by atoms with van der Waals surface area (Å²) in [6.45, 7) is 0. The van der Waals surface area contributed by atoms with Crippen LogP contribution in [-0.4, -0.2) is 37.2 Å². The fourth-order valence-corrected chi connectivity index (χ4v) is 2.71. The van der Waals surface area contributed by atoms with Gasteiger partial charge in [-0.2, -0.15) is 0 Å². The van der Waals surface area contributed by atoms with Crippen molar-refractivity contribution in [3.63, 3.8) is 0 Å². The van der Waals surface area contributed by atoms with Crippen LogP contribution in [0.2, 0.25) is 0 Å². The largest absolute Gasteiger partial charge is 0.481 e. The number of nitro benzene ring substituents is 1. The van der Waals surface area contributed by atoms with Crippen molar-refractivity contribution in [3.05, 3.63) is 34.4 Å². The van der Waals surface area contributed by atoms with E-state index in [9.17, 15) is 23.3 Å². The molecule has 20 heavy (non-hydrogen) atoms. The first-order chi connectivity index (χ1) is 9.24. The molecule has 0 saturated heterocycles. The van der Waals surface area contributed by atoms with E-state index in [1.54, 1.807) is 0 Å². The molecule has 0 saturated carbocycles. The monoisotopic (exact) mass is 302 g/mol. The highest BCUT2D eigenvalue weighted by Gasteiger charge is 2.19. The van der Waals surface area contributed by atoms with E-state index in [4.69, 9.17) is 5.11 Å². The number of benzene rings is 1. The van der Waals surface area contributed by atoms with Gasteiger partial charge in [-0.3, -0.25) is 19.2 Å². The summed E-state index contributed by atoms with van der Waals surface area (Å²) in [5.41, 5.74) is 0.149. The summed E-state index contributed by atoms with van der Waals surface area (Å²) in [6, 6.07) is 5.07. The van der Waals surface area contributed by atoms with Crippen LogP contribution in [0.25, 0.3) is 0 Å². The zero-order valence-corrected chi connectivity index (χ0v) is 11.5. The Morgan fingerprint density at radius 3 is 2.35 bits per heavy atom. The lowest BCUT2D eigenvalue weighted by molar-refractivity contribution is -0.384. The van der Waals surface area contributed by atoms with Gasteiger partial charge in [0.2, 0.25) is 10.0 Å². The Morgan fingerprint density at radius 2 is 1.90 bits per heavy atom. The van der Waals surface area contributed by atoms with E-state index < -0.39 is 20.9 Å². The van der Waals surface area contributed by atoms with Crippen molar-refractivity contribution in [3.8, 4) is 0 Å². The minimum Gasteiger partial charge on any atom is -0.481 e. The molecule has 0 fully saturated rings. The molecule has 0 bridgehead atoms. The summed E-state index contributed by atoms with van der Waals surface area (Å²) in [7, 11) is -2.33. The molecule has 1 aromatic carbocycles. The molecule has 9 heteroatoms. The van der Waals surface area contributed by atoms with Gasteiger partial charge >= 0.3 is 5.97 Å². The summed E-state index contributed by atoms with van der Waals surface area (Å²) in [5, 5.41) is 19.0. The molecule has 0 aliphatic heterocycles. The van der Waals surface area contributed by atoms with E-state index in [0.717, 1.165) is 4.31 Å². The quantitative estimate of drug-likeness (QED) is 0.597. The highest BCUT2D eigenvalue weighted by molar-refractivity contribution is 7.92. The molecule has 1 N–H and O–H groups in total. The van der Waals surface area contributed by atoms with Crippen LogP contribution in [-0.2, 0) is 14.8 Å². The number of carboxylic acids is 1. The Morgan fingerprint density at radius 1 is 1.35 bits per heavy atom. The number of anilines is 1. The molecule has 8 nitrogen and oxygen atoms in total. The Hall–Kier alpha value is -2.16. The van der Waals surface area contributed by atoms with Crippen LogP contribution in [0.1, 0.15) is 12.8 Å². The van der Waals surface area contributed by atoms with E-state index in [-0.39, 0.29) is 30.0 Å². The lowest BCUT2D eigenvalue weighted by Gasteiger charge is -2.19. The van der Waals surface area contributed by atoms with Gasteiger partial charge in [-0.1, -0.05) is 0 Å². The van der Waals surface area contributed by atoms with Gasteiger partial charge < -0.3 is 5.11 Å². The van der Waals surface area contributed by atoms with Gasteiger partial charge in [0.15, 0.2) is 0 Å². The SMILES string of the molecule is CN(c1ccc([N+](=O)[O-])cc1)S(=O)(=O)CCCC(=O)O. The predicted molar refractivity (Wildman–Crippen MR) is 72.2 cm³/mol. The number of rotatable bonds is 7. The third kappa shape index (κ3) is 4.19. The number of sulfonamides is 1. The van der Waals surface area contributed by atoms with Crippen molar-refractivity contribution < 1.29 is 23.2 Å². The molecule has 0 aromatic heterocycles. The number of carboxylic acid groups (broad SMARTS) is 1. The average Bonchev–Trinajstić information content (AvgIpc) is 2.37. The van der Waals surface area contributed by atoms with Crippen LogP contribution >= 0.6 is 0 Å². The second kappa shape index (κ2) is 6.33. The Bertz CT molecular complexity index is 596. The van der Waals surface area contributed by atoms with Crippen LogP contribution in [0.4, 0.5) is 11.4 Å². The molecule has 0 atom stereocenters. The van der Waals surface area contributed by atoms with Crippen molar-refractivity contribution in [1.82, 2.24) is 0 Å². The maximum atomic E-state index is 11.9. The first-order valence-electron chi connectivity index (χ1n) is 5.67. The number of carbonyl (C=O) groups is 1. The fraction of sp³-hybridized carbons (Fsp3) is 0.364. The number of non-ortho nitro benzene ring substituents is 1. The third-order valence-corrected chi connectivity index (χ3v) is 4.48. The van der Waals surface area contributed by atoms with E-state index >= 15 is 0 Å². The summed E-state index contributed by atoms with van der Waals surface area (Å²) in [6.07, 6.45) is -0.220. The lowest BCUT2D eigenvalue weighted by Crippen LogP contribution is -2.29. The van der Waals surface area contributed by atoms with Gasteiger partial charge in [0, 0.05) is 25.6 Å². The Balaban J connectivity index is 2.79. The van der Waals surface area contributed by atoms with Crippen molar-refractivity contribution in [2.75, 3.05) is 17.1 Å². The molecule has 110 valence electrons. The lowest BCUT2D eigenvalue weighted by atomic mass is 10.3. The molecule has 0 unspecified atom stereocenters. The molecule has 0 amide bonds. The maximum Gasteiger partial charge on any atom is 0.303 e. The van der Waals surface area contributed by atoms with E-state index in [0.29, 0.717) is 0 Å². The van der Waals surface area contributed by atoms with E-state index in [1.807, 2.05) is 0 Å². The van der Waals surface area contributed by atoms with Crippen LogP contribution < -0.4 is 4.31 Å². The van der Waals surface area contributed by atoms with Gasteiger partial charge in [-0.05, 0) is 18.6 Å². The van der Waals surface area contributed by atoms with Gasteiger partial charge in [-0.25, -0.2) is 8.42 Å². The number of nitro groups is 1. The molecule has 0 aliphatic carbocycles. The average molecular weight is 302 g/mol. The number of aliphatic carboxylic acids is 1. The number of hydrogen-bond donors (Lipinski definition) is 1. The van der Waals surface area contributed by atoms with Crippen LogP contribution in [0.3, 0.4) is 0 Å². The highest BCUT2D eigenvalue weighted by Crippen LogP contribution is 2.21. The van der Waals surface area contributed by atoms with Crippen LogP contribution in [0.15, 0.2) is 24.3 Å². The zero-order chi connectivity index (χ0) is 15.3. The second-order valence-corrected chi connectivity index (χ2v) is 6.17. The van der Waals surface area contributed by atoms with Gasteiger partial charge in [-0.15, -0.1) is 0 Å². The normalized spacial score (nSPS) is 11.1. The fourth-order valence-electron chi connectivity index (χ4n) is 1.49. The summed E-state index contributed by atoms with van der Waals surface area (Å²) >= 11 is 0. The smallest absolute Gasteiger partial charge is 0.303 e. The molecule has 0 spiro atoms. The van der Waals surface area contributed by atoms with E-state index in [2.05, 4.69) is 0 Å². The van der Waals surface area contributed by atoms with Crippen LogP contribution in [0, 0.1) is 10.1 Å². The van der Waals surface area contributed by atoms with Crippen molar-refractivity contribution in [2.45, 2.75) is 12.8 Å². The Labute approximate surface area is 115 Å². The zero-order valence-electron chi connectivity index (χ0n) is 10.7. The minimum absolute atomic E-state index is 0.00892. The molecule has 0 radical (unpaired) electrons. The summed E-state index contributed by atoms with van der Waals surface area (Å²) in [5.74, 6) is -1.36. The van der Waals surface area contributed by atoms with Crippen molar-refractivity contribution in [1.29, 1.82) is 0 Å². The summed E-state index contributed by atoms with van der Waals surface area (Å²) in [4.78, 5) is 20.3. The number of nitrogens with zero attached hydrogens (tertiary/aromatic N) is 2. The minimum atomic E-state index is -3.64. The molecular weight excluding hydrogens is 288 g/mol. The Kier molecular flexibility index (Phi) is 5.03. The van der Waals surface area contributed by atoms with E-state index in [1.165, 1.54) is 31.3 Å². The summed E-state index contributed by atoms with van der Waals surface area (Å²) < 4.78 is 24.8. The molecule has 1 rings (SSSR count). The molecule has 0 aliphatic rings. The molecular formula is C11H14N2O6S. The number of hydrogen-bond acceptors (Lipinski definition) is 5. The maximum absolute atomic E-state index is 11.9. The van der Waals surface area contributed by atoms with Gasteiger partial charge in [0.05, 0.1) is 16.4 Å². The van der Waals surface area contributed by atoms with Crippen molar-refractivity contribution >= 4 is 27.4 Å². The van der Waals surface area contributed by atoms with Crippen molar-refractivity contribution in [2.24, 2.45) is 0 Å². The standard InChI is InChI=1S/C11H14N2O6S/c1-12(20(18,19)8-2-3-11(14)15)9-4-6-10(7-5-9)13(16)17/h4-7H,2-3,8H2,1H3,(H,14,15). The second-order valence-electron chi connectivity index (χ2n) is 4.05. The highest BCUT2D eigenvalue weighted by atomic mass is 32.2. The first kappa shape index (κ1) is 15.9. The molecule has 0 heterocycles. The topological polar surface area (TPSA) is 118 Å². The van der Waals surface area contributed by atoms with Crippen LogP contribution in [0.5, 0.6) is 0 Å². The first-order valence-corrected chi connectivity index (χ1v) is 7.28.